The maximum Gasteiger partial charge on any atom is 1.00 e. The predicted molar refractivity (Wildman–Crippen MR) is 32.5 cm³/mol. The van der Waals surface area contributed by atoms with Crippen LogP contribution in [0, 0.1) is 5.92 Å². The molecule has 0 spiro atoms. The Kier molecular flexibility index (Phi) is 4.91. The summed E-state index contributed by atoms with van der Waals surface area (Å²) in [5.41, 5.74) is -0.605. The van der Waals surface area contributed by atoms with E-state index in [1.165, 1.54) is 0 Å². The van der Waals surface area contributed by atoms with Crippen molar-refractivity contribution in [1.82, 2.24) is 0 Å². The molecule has 0 atom stereocenters. The molecule has 0 aromatic rings. The first-order valence-corrected chi connectivity index (χ1v) is 2.98. The SMILES string of the molecule is C=C(C1COC1)[B-](F)(F)F.[K+]. The summed E-state index contributed by atoms with van der Waals surface area (Å²) in [6, 6.07) is 0. The van der Waals surface area contributed by atoms with Crippen molar-refractivity contribution in [2.75, 3.05) is 13.2 Å². The fraction of sp³-hybridized carbons (Fsp3) is 0.600. The molecule has 1 fully saturated rings. The quantitative estimate of drug-likeness (QED) is 0.485. The van der Waals surface area contributed by atoms with Crippen molar-refractivity contribution >= 4 is 6.98 Å². The van der Waals surface area contributed by atoms with Crippen LogP contribution in [0.15, 0.2) is 12.1 Å². The molecule has 0 aliphatic carbocycles. The molecule has 0 saturated carbocycles. The summed E-state index contributed by atoms with van der Waals surface area (Å²) >= 11 is 0. The van der Waals surface area contributed by atoms with Gasteiger partial charge in [0, 0.05) is 0 Å². The number of rotatable bonds is 2. The summed E-state index contributed by atoms with van der Waals surface area (Å²) in [5, 5.41) is 0. The van der Waals surface area contributed by atoms with E-state index < -0.39 is 18.4 Å². The van der Waals surface area contributed by atoms with E-state index in [9.17, 15) is 12.9 Å². The molecule has 1 saturated heterocycles. The molecule has 1 aliphatic rings. The van der Waals surface area contributed by atoms with Gasteiger partial charge in [0.05, 0.1) is 13.2 Å². The Bertz CT molecular complexity index is 154. The maximum atomic E-state index is 11.8. The van der Waals surface area contributed by atoms with Crippen LogP contribution in [0.1, 0.15) is 0 Å². The summed E-state index contributed by atoms with van der Waals surface area (Å²) in [7, 11) is 0. The van der Waals surface area contributed by atoms with E-state index in [1.54, 1.807) is 0 Å². The van der Waals surface area contributed by atoms with Gasteiger partial charge in [0.25, 0.3) is 0 Å². The molecule has 1 heterocycles. The van der Waals surface area contributed by atoms with Crippen LogP contribution in [-0.4, -0.2) is 20.2 Å². The molecule has 0 radical (unpaired) electrons. The topological polar surface area (TPSA) is 9.23 Å². The Morgan fingerprint density at radius 3 is 1.91 bits per heavy atom. The molecular weight excluding hydrogens is 183 g/mol. The minimum atomic E-state index is -4.84. The second-order valence-electron chi connectivity index (χ2n) is 2.38. The fourth-order valence-corrected chi connectivity index (χ4v) is 0.717. The monoisotopic (exact) mass is 190 g/mol. The van der Waals surface area contributed by atoms with Gasteiger partial charge in [0.1, 0.15) is 0 Å². The van der Waals surface area contributed by atoms with Crippen molar-refractivity contribution in [2.24, 2.45) is 5.92 Å². The third-order valence-electron chi connectivity index (χ3n) is 1.58. The molecule has 1 aliphatic heterocycles. The Morgan fingerprint density at radius 1 is 1.36 bits per heavy atom. The number of halogens is 3. The van der Waals surface area contributed by atoms with E-state index in [2.05, 4.69) is 11.3 Å². The molecule has 58 valence electrons. The van der Waals surface area contributed by atoms with Gasteiger partial charge in [0.2, 0.25) is 0 Å². The van der Waals surface area contributed by atoms with E-state index in [1.807, 2.05) is 0 Å². The van der Waals surface area contributed by atoms with Crippen LogP contribution in [0.4, 0.5) is 12.9 Å². The number of hydrogen-bond donors (Lipinski definition) is 0. The molecule has 6 heteroatoms. The van der Waals surface area contributed by atoms with Crippen LogP contribution < -0.4 is 51.4 Å². The normalized spacial score (nSPS) is 18.5. The summed E-state index contributed by atoms with van der Waals surface area (Å²) in [5.74, 6) is -0.472. The van der Waals surface area contributed by atoms with Gasteiger partial charge in [-0.05, 0) is 5.92 Å². The average molecular weight is 190 g/mol. The first-order valence-electron chi connectivity index (χ1n) is 2.98. The standard InChI is InChI=1S/C5H7BF3O.K/c1-4(6(7,8)9)5-2-10-3-5;/h5H,1-3H2;/q-1;+1. The van der Waals surface area contributed by atoms with Crippen LogP contribution in [-0.2, 0) is 4.74 Å². The molecule has 0 unspecified atom stereocenters. The Morgan fingerprint density at radius 2 is 1.82 bits per heavy atom. The maximum absolute atomic E-state index is 11.8. The van der Waals surface area contributed by atoms with Crippen molar-refractivity contribution in [3.05, 3.63) is 12.1 Å². The third kappa shape index (κ3) is 3.20. The minimum absolute atomic E-state index is 0. The van der Waals surface area contributed by atoms with Gasteiger partial charge >= 0.3 is 58.4 Å². The first-order chi connectivity index (χ1) is 4.52. The van der Waals surface area contributed by atoms with Crippen LogP contribution >= 0.6 is 0 Å². The summed E-state index contributed by atoms with van der Waals surface area (Å²) in [6.07, 6.45) is 0. The van der Waals surface area contributed by atoms with Crippen LogP contribution in [0.25, 0.3) is 0 Å². The fourth-order valence-electron chi connectivity index (χ4n) is 0.717. The molecule has 0 bridgehead atoms. The van der Waals surface area contributed by atoms with Gasteiger partial charge in [-0.25, -0.2) is 0 Å². The van der Waals surface area contributed by atoms with Gasteiger partial charge in [-0.1, -0.05) is 0 Å². The van der Waals surface area contributed by atoms with Crippen LogP contribution in [0.2, 0.25) is 0 Å². The van der Waals surface area contributed by atoms with Crippen molar-refractivity contribution in [3.63, 3.8) is 0 Å². The first kappa shape index (κ1) is 12.2. The molecule has 1 rings (SSSR count). The van der Waals surface area contributed by atoms with E-state index in [0.717, 1.165) is 0 Å². The largest absolute Gasteiger partial charge is 1.00 e. The van der Waals surface area contributed by atoms with E-state index >= 15 is 0 Å². The van der Waals surface area contributed by atoms with E-state index in [4.69, 9.17) is 0 Å². The zero-order valence-electron chi connectivity index (χ0n) is 6.32. The summed E-state index contributed by atoms with van der Waals surface area (Å²) in [4.78, 5) is 0. The van der Waals surface area contributed by atoms with Gasteiger partial charge in [0.15, 0.2) is 0 Å². The molecular formula is C5H7BF3KO. The number of ether oxygens (including phenoxy) is 1. The third-order valence-corrected chi connectivity index (χ3v) is 1.58. The van der Waals surface area contributed by atoms with Gasteiger partial charge in [-0.3, -0.25) is 0 Å². The molecule has 0 amide bonds. The number of hydrogen-bond acceptors (Lipinski definition) is 1. The van der Waals surface area contributed by atoms with Gasteiger partial charge in [-0.15, -0.1) is 12.1 Å². The zero-order valence-corrected chi connectivity index (χ0v) is 9.44. The molecule has 0 aromatic heterocycles. The van der Waals surface area contributed by atoms with Crippen LogP contribution in [0.3, 0.4) is 0 Å². The van der Waals surface area contributed by atoms with Crippen LogP contribution in [0.5, 0.6) is 0 Å². The molecule has 11 heavy (non-hydrogen) atoms. The van der Waals surface area contributed by atoms with Crippen molar-refractivity contribution in [2.45, 2.75) is 0 Å². The second-order valence-corrected chi connectivity index (χ2v) is 2.38. The van der Waals surface area contributed by atoms with Crippen molar-refractivity contribution < 1.29 is 69.1 Å². The zero-order chi connectivity index (χ0) is 7.78. The Hall–Kier alpha value is 1.19. The van der Waals surface area contributed by atoms with E-state index in [0.29, 0.717) is 0 Å². The Balaban J connectivity index is 0.000001000. The van der Waals surface area contributed by atoms with Crippen molar-refractivity contribution in [1.29, 1.82) is 0 Å². The summed E-state index contributed by atoms with van der Waals surface area (Å²) < 4.78 is 40.1. The molecule has 1 nitrogen and oxygen atoms in total. The second kappa shape index (κ2) is 4.43. The predicted octanol–water partition coefficient (Wildman–Crippen LogP) is -1.42. The average Bonchev–Trinajstić information content (AvgIpc) is 1.57. The van der Waals surface area contributed by atoms with Crippen molar-refractivity contribution in [3.8, 4) is 0 Å². The summed E-state index contributed by atoms with van der Waals surface area (Å²) in [6.45, 7) is -1.51. The van der Waals surface area contributed by atoms with E-state index in [-0.39, 0.29) is 64.6 Å². The smallest absolute Gasteiger partial charge is 0.445 e. The van der Waals surface area contributed by atoms with Gasteiger partial charge in [-0.2, -0.15) is 0 Å². The Labute approximate surface area is 106 Å². The minimum Gasteiger partial charge on any atom is -0.445 e. The molecule has 0 aromatic carbocycles. The van der Waals surface area contributed by atoms with Gasteiger partial charge < -0.3 is 17.7 Å². The molecule has 0 N–H and O–H groups in total.